The molecular weight excluding hydrogens is 294 g/mol. The summed E-state index contributed by atoms with van der Waals surface area (Å²) in [6.07, 6.45) is 4.58. The third-order valence-corrected chi connectivity index (χ3v) is 3.48. The van der Waals surface area contributed by atoms with Gasteiger partial charge in [-0.05, 0) is 25.0 Å². The number of benzene rings is 1. The van der Waals surface area contributed by atoms with Crippen molar-refractivity contribution in [3.05, 3.63) is 41.8 Å². The summed E-state index contributed by atoms with van der Waals surface area (Å²) in [5.41, 5.74) is 6.41. The Morgan fingerprint density at radius 1 is 1.17 bits per heavy atom. The minimum atomic E-state index is -0.620. The minimum absolute atomic E-state index is 0.148. The SMILES string of the molecule is CCCN(CCC)C(=O)c1cccc(C(N)=O)c1-c1ncco1. The number of nitrogens with two attached hydrogens (primary N) is 1. The van der Waals surface area contributed by atoms with Crippen LogP contribution in [0.15, 0.2) is 35.1 Å². The molecule has 1 aromatic heterocycles. The van der Waals surface area contributed by atoms with Crippen LogP contribution in [0.2, 0.25) is 0 Å². The number of carbonyl (C=O) groups excluding carboxylic acids is 2. The molecule has 6 heteroatoms. The van der Waals surface area contributed by atoms with E-state index in [-0.39, 0.29) is 17.4 Å². The van der Waals surface area contributed by atoms with Crippen molar-refractivity contribution in [1.82, 2.24) is 9.88 Å². The Hall–Kier alpha value is -2.63. The quantitative estimate of drug-likeness (QED) is 0.850. The molecule has 0 saturated carbocycles. The molecule has 0 radical (unpaired) electrons. The van der Waals surface area contributed by atoms with Gasteiger partial charge in [-0.15, -0.1) is 0 Å². The van der Waals surface area contributed by atoms with Gasteiger partial charge in [0, 0.05) is 13.1 Å². The van der Waals surface area contributed by atoms with Gasteiger partial charge in [0.15, 0.2) is 0 Å². The number of nitrogens with zero attached hydrogens (tertiary/aromatic N) is 2. The Balaban J connectivity index is 2.55. The molecule has 2 aromatic rings. The summed E-state index contributed by atoms with van der Waals surface area (Å²) in [4.78, 5) is 30.5. The Kier molecular flexibility index (Phi) is 5.51. The van der Waals surface area contributed by atoms with Crippen molar-refractivity contribution in [3.8, 4) is 11.5 Å². The molecule has 0 fully saturated rings. The van der Waals surface area contributed by atoms with Crippen LogP contribution in [0.4, 0.5) is 0 Å². The number of amides is 2. The van der Waals surface area contributed by atoms with Crippen LogP contribution in [-0.4, -0.2) is 34.8 Å². The van der Waals surface area contributed by atoms with Gasteiger partial charge in [0.2, 0.25) is 11.8 Å². The molecule has 0 unspecified atom stereocenters. The predicted molar refractivity (Wildman–Crippen MR) is 86.9 cm³/mol. The van der Waals surface area contributed by atoms with Crippen molar-refractivity contribution < 1.29 is 14.0 Å². The number of carbonyl (C=O) groups is 2. The largest absolute Gasteiger partial charge is 0.444 e. The van der Waals surface area contributed by atoms with E-state index in [4.69, 9.17) is 10.2 Å². The molecule has 0 bridgehead atoms. The van der Waals surface area contributed by atoms with E-state index in [1.165, 1.54) is 12.5 Å². The summed E-state index contributed by atoms with van der Waals surface area (Å²) >= 11 is 0. The maximum atomic E-state index is 12.9. The van der Waals surface area contributed by atoms with Crippen molar-refractivity contribution in [2.24, 2.45) is 5.73 Å². The number of primary amides is 1. The van der Waals surface area contributed by atoms with Crippen LogP contribution in [0.3, 0.4) is 0 Å². The van der Waals surface area contributed by atoms with Crippen molar-refractivity contribution in [2.75, 3.05) is 13.1 Å². The zero-order valence-electron chi connectivity index (χ0n) is 13.4. The lowest BCUT2D eigenvalue weighted by Gasteiger charge is -2.23. The van der Waals surface area contributed by atoms with Crippen LogP contribution in [0.5, 0.6) is 0 Å². The van der Waals surface area contributed by atoms with E-state index < -0.39 is 5.91 Å². The van der Waals surface area contributed by atoms with Gasteiger partial charge in [-0.3, -0.25) is 9.59 Å². The van der Waals surface area contributed by atoms with Crippen molar-refractivity contribution in [2.45, 2.75) is 26.7 Å². The third-order valence-electron chi connectivity index (χ3n) is 3.48. The van der Waals surface area contributed by atoms with Gasteiger partial charge in [0.1, 0.15) is 6.26 Å². The first-order valence-corrected chi connectivity index (χ1v) is 7.72. The summed E-state index contributed by atoms with van der Waals surface area (Å²) in [5, 5.41) is 0. The maximum Gasteiger partial charge on any atom is 0.254 e. The summed E-state index contributed by atoms with van der Waals surface area (Å²) in [6.45, 7) is 5.34. The number of rotatable bonds is 7. The van der Waals surface area contributed by atoms with Crippen molar-refractivity contribution >= 4 is 11.8 Å². The van der Waals surface area contributed by atoms with Crippen LogP contribution in [-0.2, 0) is 0 Å². The Labute approximate surface area is 135 Å². The molecule has 2 rings (SSSR count). The Morgan fingerprint density at radius 3 is 2.35 bits per heavy atom. The maximum absolute atomic E-state index is 12.9. The highest BCUT2D eigenvalue weighted by Crippen LogP contribution is 2.27. The van der Waals surface area contributed by atoms with Gasteiger partial charge in [0.05, 0.1) is 22.9 Å². The minimum Gasteiger partial charge on any atom is -0.444 e. The number of hydrogen-bond acceptors (Lipinski definition) is 4. The second-order valence-corrected chi connectivity index (χ2v) is 5.22. The molecule has 23 heavy (non-hydrogen) atoms. The monoisotopic (exact) mass is 315 g/mol. The molecule has 0 spiro atoms. The molecule has 0 saturated heterocycles. The lowest BCUT2D eigenvalue weighted by molar-refractivity contribution is 0.0756. The number of hydrogen-bond donors (Lipinski definition) is 1. The van der Waals surface area contributed by atoms with Gasteiger partial charge in [0.25, 0.3) is 5.91 Å². The summed E-state index contributed by atoms with van der Waals surface area (Å²) in [7, 11) is 0. The average molecular weight is 315 g/mol. The van der Waals surface area contributed by atoms with Crippen LogP contribution < -0.4 is 5.73 Å². The summed E-state index contributed by atoms with van der Waals surface area (Å²) in [5.74, 6) is -0.550. The van der Waals surface area contributed by atoms with E-state index in [1.807, 2.05) is 13.8 Å². The fourth-order valence-electron chi connectivity index (χ4n) is 2.54. The second kappa shape index (κ2) is 7.58. The van der Waals surface area contributed by atoms with Gasteiger partial charge in [-0.2, -0.15) is 0 Å². The lowest BCUT2D eigenvalue weighted by atomic mass is 9.99. The molecule has 6 nitrogen and oxygen atoms in total. The highest BCUT2D eigenvalue weighted by atomic mass is 16.3. The molecule has 1 aromatic carbocycles. The smallest absolute Gasteiger partial charge is 0.254 e. The fraction of sp³-hybridized carbons (Fsp3) is 0.353. The molecule has 0 atom stereocenters. The normalized spacial score (nSPS) is 10.5. The molecule has 122 valence electrons. The first kappa shape index (κ1) is 16.7. The molecule has 0 aliphatic rings. The molecule has 0 aliphatic heterocycles. The molecule has 0 aliphatic carbocycles. The van der Waals surface area contributed by atoms with Crippen LogP contribution in [0, 0.1) is 0 Å². The highest BCUT2D eigenvalue weighted by Gasteiger charge is 2.24. The third kappa shape index (κ3) is 3.59. The first-order chi connectivity index (χ1) is 11.1. The zero-order chi connectivity index (χ0) is 16.8. The average Bonchev–Trinajstić information content (AvgIpc) is 3.07. The molecule has 1 heterocycles. The number of aromatic nitrogens is 1. The first-order valence-electron chi connectivity index (χ1n) is 7.72. The van der Waals surface area contributed by atoms with Crippen molar-refractivity contribution in [1.29, 1.82) is 0 Å². The van der Waals surface area contributed by atoms with Gasteiger partial charge < -0.3 is 15.1 Å². The molecular formula is C17H21N3O3. The van der Waals surface area contributed by atoms with Crippen LogP contribution in [0.25, 0.3) is 11.5 Å². The van der Waals surface area contributed by atoms with Gasteiger partial charge in [-0.25, -0.2) is 4.98 Å². The van der Waals surface area contributed by atoms with E-state index in [1.54, 1.807) is 23.1 Å². The summed E-state index contributed by atoms with van der Waals surface area (Å²) in [6, 6.07) is 4.89. The second-order valence-electron chi connectivity index (χ2n) is 5.22. The zero-order valence-corrected chi connectivity index (χ0v) is 13.4. The van der Waals surface area contributed by atoms with Gasteiger partial charge in [-0.1, -0.05) is 19.9 Å². The van der Waals surface area contributed by atoms with Crippen LogP contribution >= 0.6 is 0 Å². The lowest BCUT2D eigenvalue weighted by Crippen LogP contribution is -2.33. The Bertz CT molecular complexity index is 674. The van der Waals surface area contributed by atoms with Crippen LogP contribution in [0.1, 0.15) is 47.4 Å². The molecule has 2 amide bonds. The fourth-order valence-corrected chi connectivity index (χ4v) is 2.54. The predicted octanol–water partition coefficient (Wildman–Crippen LogP) is 2.70. The van der Waals surface area contributed by atoms with E-state index in [0.717, 1.165) is 12.8 Å². The highest BCUT2D eigenvalue weighted by molar-refractivity contribution is 6.07. The number of oxazole rings is 1. The molecule has 2 N–H and O–H groups in total. The van der Waals surface area contributed by atoms with E-state index in [9.17, 15) is 9.59 Å². The van der Waals surface area contributed by atoms with E-state index >= 15 is 0 Å². The topological polar surface area (TPSA) is 89.4 Å². The standard InChI is InChI=1S/C17H21N3O3/c1-3-9-20(10-4-2)17(22)13-7-5-6-12(15(18)21)14(13)16-19-8-11-23-16/h5-8,11H,3-4,9-10H2,1-2H3,(H2,18,21). The Morgan fingerprint density at radius 2 is 1.83 bits per heavy atom. The van der Waals surface area contributed by atoms with E-state index in [2.05, 4.69) is 4.98 Å². The van der Waals surface area contributed by atoms with Gasteiger partial charge >= 0.3 is 0 Å². The van der Waals surface area contributed by atoms with Crippen molar-refractivity contribution in [3.63, 3.8) is 0 Å². The summed E-state index contributed by atoms with van der Waals surface area (Å²) < 4.78 is 5.31. The van der Waals surface area contributed by atoms with E-state index in [0.29, 0.717) is 24.2 Å².